The molecule has 0 atom stereocenters. The summed E-state index contributed by atoms with van der Waals surface area (Å²) in [6.45, 7) is 3.73. The Hall–Kier alpha value is -2.99. The summed E-state index contributed by atoms with van der Waals surface area (Å²) < 4.78 is 44.8. The van der Waals surface area contributed by atoms with Gasteiger partial charge in [-0.15, -0.1) is 11.3 Å². The van der Waals surface area contributed by atoms with Gasteiger partial charge in [-0.3, -0.25) is 0 Å². The number of hydrogen-bond donors (Lipinski definition) is 0. The number of nitrogens with zero attached hydrogens (tertiary/aromatic N) is 4. The van der Waals surface area contributed by atoms with Crippen LogP contribution in [0.2, 0.25) is 0 Å². The molecule has 5 rings (SSSR count). The molecule has 0 saturated carbocycles. The minimum Gasteiger partial charge on any atom is -0.454 e. The summed E-state index contributed by atoms with van der Waals surface area (Å²) in [5.74, 6) is 1.42. The number of aromatic nitrogens is 1. The second-order valence-corrected chi connectivity index (χ2v) is 10.2. The molecule has 2 aromatic carbocycles. The summed E-state index contributed by atoms with van der Waals surface area (Å²) in [7, 11) is -3.53. The lowest BCUT2D eigenvalue weighted by Crippen LogP contribution is -2.40. The van der Waals surface area contributed by atoms with Crippen molar-refractivity contribution in [2.24, 2.45) is 10.1 Å². The van der Waals surface area contributed by atoms with Crippen molar-refractivity contribution in [3.8, 4) is 11.5 Å². The maximum atomic E-state index is 12.8. The molecule has 1 fully saturated rings. The van der Waals surface area contributed by atoms with Crippen LogP contribution in [-0.2, 0) is 14.8 Å². The number of morpholine rings is 1. The van der Waals surface area contributed by atoms with E-state index in [1.165, 1.54) is 15.6 Å². The number of thiazole rings is 1. The van der Waals surface area contributed by atoms with Crippen LogP contribution >= 0.6 is 11.3 Å². The lowest BCUT2D eigenvalue weighted by molar-refractivity contribution is 0.0730. The fourth-order valence-corrected chi connectivity index (χ4v) is 5.69. The third-order valence-electron chi connectivity index (χ3n) is 5.24. The predicted octanol–water partition coefficient (Wildman–Crippen LogP) is 2.72. The maximum absolute atomic E-state index is 12.8. The molecule has 1 saturated heterocycles. The largest absolute Gasteiger partial charge is 0.454 e. The first-order valence-electron chi connectivity index (χ1n) is 10.3. The van der Waals surface area contributed by atoms with E-state index in [2.05, 4.69) is 10.1 Å². The number of hydrogen-bond acceptors (Lipinski definition) is 8. The van der Waals surface area contributed by atoms with Crippen LogP contribution in [0.1, 0.15) is 11.3 Å². The molecule has 0 unspecified atom stereocenters. The van der Waals surface area contributed by atoms with Crippen molar-refractivity contribution in [1.82, 2.24) is 8.98 Å². The van der Waals surface area contributed by atoms with E-state index < -0.39 is 10.0 Å². The highest BCUT2D eigenvalue weighted by Gasteiger charge is 2.26. The Balaban J connectivity index is 1.39. The SMILES string of the molecule is Cc1csc(=Nc2ccc(S(=O)(=O)N3CCOCC3)cc2)n1N=Cc1ccc2c(c1)OCO2. The molecule has 1 aromatic heterocycles. The zero-order chi connectivity index (χ0) is 22.8. The Morgan fingerprint density at radius 1 is 1.03 bits per heavy atom. The molecule has 2 aliphatic heterocycles. The Labute approximate surface area is 195 Å². The van der Waals surface area contributed by atoms with Gasteiger partial charge in [-0.1, -0.05) is 0 Å². The maximum Gasteiger partial charge on any atom is 0.243 e. The third-order valence-corrected chi connectivity index (χ3v) is 8.09. The van der Waals surface area contributed by atoms with Gasteiger partial charge in [0, 0.05) is 18.5 Å². The average molecular weight is 487 g/mol. The Kier molecular flexibility index (Phi) is 6.02. The first-order chi connectivity index (χ1) is 16.0. The van der Waals surface area contributed by atoms with E-state index in [0.717, 1.165) is 17.0 Å². The molecule has 0 spiro atoms. The smallest absolute Gasteiger partial charge is 0.243 e. The lowest BCUT2D eigenvalue weighted by Gasteiger charge is -2.26. The van der Waals surface area contributed by atoms with Crippen molar-refractivity contribution in [1.29, 1.82) is 0 Å². The van der Waals surface area contributed by atoms with Crippen LogP contribution in [0.3, 0.4) is 0 Å². The molecule has 3 aromatic rings. The van der Waals surface area contributed by atoms with Gasteiger partial charge in [-0.05, 0) is 55.0 Å². The van der Waals surface area contributed by atoms with Crippen LogP contribution in [0.15, 0.2) is 62.8 Å². The highest BCUT2D eigenvalue weighted by Crippen LogP contribution is 2.32. The van der Waals surface area contributed by atoms with Crippen LogP contribution in [0.25, 0.3) is 0 Å². The van der Waals surface area contributed by atoms with E-state index >= 15 is 0 Å². The summed E-state index contributed by atoms with van der Waals surface area (Å²) in [6.07, 6.45) is 1.73. The Bertz CT molecular complexity index is 1350. The van der Waals surface area contributed by atoms with Crippen molar-refractivity contribution < 1.29 is 22.6 Å². The third kappa shape index (κ3) is 4.58. The second kappa shape index (κ2) is 9.10. The summed E-state index contributed by atoms with van der Waals surface area (Å²) in [5, 5.41) is 6.54. The molecular formula is C22H22N4O5S2. The first kappa shape index (κ1) is 21.8. The van der Waals surface area contributed by atoms with Gasteiger partial charge < -0.3 is 14.2 Å². The zero-order valence-corrected chi connectivity index (χ0v) is 19.5. The number of ether oxygens (including phenoxy) is 3. The molecule has 0 bridgehead atoms. The number of rotatable bonds is 5. The van der Waals surface area contributed by atoms with Gasteiger partial charge in [0.1, 0.15) is 0 Å². The van der Waals surface area contributed by atoms with E-state index in [9.17, 15) is 8.42 Å². The fraction of sp³-hybridized carbons (Fsp3) is 0.273. The minimum absolute atomic E-state index is 0.226. The highest BCUT2D eigenvalue weighted by molar-refractivity contribution is 7.89. The van der Waals surface area contributed by atoms with Crippen LogP contribution in [0.4, 0.5) is 5.69 Å². The molecule has 0 N–H and O–H groups in total. The van der Waals surface area contributed by atoms with Crippen LogP contribution < -0.4 is 14.3 Å². The number of benzene rings is 2. The van der Waals surface area contributed by atoms with Crippen molar-refractivity contribution in [3.63, 3.8) is 0 Å². The van der Waals surface area contributed by atoms with Gasteiger partial charge >= 0.3 is 0 Å². The van der Waals surface area contributed by atoms with Crippen molar-refractivity contribution in [2.75, 3.05) is 33.1 Å². The van der Waals surface area contributed by atoms with Crippen LogP contribution in [-0.4, -0.2) is 56.7 Å². The molecule has 0 radical (unpaired) electrons. The Morgan fingerprint density at radius 2 is 1.79 bits per heavy atom. The number of fused-ring (bicyclic) bond motifs is 1. The topological polar surface area (TPSA) is 94.7 Å². The van der Waals surface area contributed by atoms with E-state index in [-0.39, 0.29) is 11.7 Å². The first-order valence-corrected chi connectivity index (χ1v) is 12.7. The summed E-state index contributed by atoms with van der Waals surface area (Å²) in [6, 6.07) is 12.2. The quantitative estimate of drug-likeness (QED) is 0.517. The Morgan fingerprint density at radius 3 is 2.58 bits per heavy atom. The molecule has 0 amide bonds. The minimum atomic E-state index is -3.53. The zero-order valence-electron chi connectivity index (χ0n) is 17.9. The molecule has 172 valence electrons. The normalized spacial score (nSPS) is 17.2. The van der Waals surface area contributed by atoms with Gasteiger partial charge in [0.25, 0.3) is 0 Å². The van der Waals surface area contributed by atoms with Crippen LogP contribution in [0.5, 0.6) is 11.5 Å². The van der Waals surface area contributed by atoms with Gasteiger partial charge in [-0.25, -0.2) is 18.1 Å². The van der Waals surface area contributed by atoms with Crippen molar-refractivity contribution in [3.05, 3.63) is 63.9 Å². The summed E-state index contributed by atoms with van der Waals surface area (Å²) in [4.78, 5) is 5.59. The van der Waals surface area contributed by atoms with Crippen LogP contribution in [0, 0.1) is 6.92 Å². The van der Waals surface area contributed by atoms with Crippen molar-refractivity contribution in [2.45, 2.75) is 11.8 Å². The fourth-order valence-electron chi connectivity index (χ4n) is 3.46. The molecule has 0 aliphatic carbocycles. The lowest BCUT2D eigenvalue weighted by atomic mass is 10.2. The van der Waals surface area contributed by atoms with Gasteiger partial charge in [-0.2, -0.15) is 9.41 Å². The van der Waals surface area contributed by atoms with Gasteiger partial charge in [0.2, 0.25) is 21.6 Å². The van der Waals surface area contributed by atoms with E-state index in [4.69, 9.17) is 14.2 Å². The van der Waals surface area contributed by atoms with Crippen molar-refractivity contribution >= 4 is 33.3 Å². The molecule has 33 heavy (non-hydrogen) atoms. The highest BCUT2D eigenvalue weighted by atomic mass is 32.2. The van der Waals surface area contributed by atoms with E-state index in [0.29, 0.717) is 42.5 Å². The summed E-state index contributed by atoms with van der Waals surface area (Å²) in [5.41, 5.74) is 2.45. The summed E-state index contributed by atoms with van der Waals surface area (Å²) >= 11 is 1.46. The standard InChI is InChI=1S/C22H22N4O5S2/c1-16-14-32-22(26(16)23-13-17-2-7-20-21(12-17)31-15-30-20)24-18-3-5-19(6-4-18)33(27,28)25-8-10-29-11-9-25/h2-7,12-14H,8-11,15H2,1H3. The van der Waals surface area contributed by atoms with Gasteiger partial charge in [0.15, 0.2) is 11.5 Å². The second-order valence-electron chi connectivity index (χ2n) is 7.45. The molecule has 3 heterocycles. The van der Waals surface area contributed by atoms with E-state index in [1.807, 2.05) is 30.5 Å². The molecular weight excluding hydrogens is 464 g/mol. The predicted molar refractivity (Wildman–Crippen MR) is 124 cm³/mol. The number of aryl methyl sites for hydroxylation is 1. The molecule has 11 heteroatoms. The monoisotopic (exact) mass is 486 g/mol. The van der Waals surface area contributed by atoms with Gasteiger partial charge in [0.05, 0.1) is 35.7 Å². The molecule has 2 aliphatic rings. The molecule has 9 nitrogen and oxygen atoms in total. The average Bonchev–Trinajstić information content (AvgIpc) is 3.44. The number of sulfonamides is 1. The van der Waals surface area contributed by atoms with E-state index in [1.54, 1.807) is 35.2 Å².